The summed E-state index contributed by atoms with van der Waals surface area (Å²) in [5.74, 6) is 1.92. The van der Waals surface area contributed by atoms with Crippen molar-refractivity contribution in [3.63, 3.8) is 0 Å². The van der Waals surface area contributed by atoms with Gasteiger partial charge in [0.25, 0.3) is 0 Å². The predicted molar refractivity (Wildman–Crippen MR) is 66.7 cm³/mol. The van der Waals surface area contributed by atoms with Crippen molar-refractivity contribution in [2.75, 3.05) is 5.73 Å². The molecule has 1 aliphatic carbocycles. The molecule has 0 amide bonds. The second-order valence-electron chi connectivity index (χ2n) is 4.82. The minimum Gasteiger partial charge on any atom is -0.382 e. The van der Waals surface area contributed by atoms with E-state index in [1.807, 2.05) is 6.33 Å². The molecule has 0 unspecified atom stereocenters. The molecule has 1 aliphatic rings. The van der Waals surface area contributed by atoms with Gasteiger partial charge in [-0.25, -0.2) is 15.0 Å². The van der Waals surface area contributed by atoms with E-state index in [4.69, 9.17) is 5.73 Å². The Hall–Kier alpha value is -1.65. The van der Waals surface area contributed by atoms with Gasteiger partial charge in [0.1, 0.15) is 11.3 Å². The summed E-state index contributed by atoms with van der Waals surface area (Å²) in [6.07, 6.45) is 5.24. The van der Waals surface area contributed by atoms with Crippen LogP contribution in [0.3, 0.4) is 0 Å². The maximum atomic E-state index is 5.95. The summed E-state index contributed by atoms with van der Waals surface area (Å²) in [5.41, 5.74) is 7.56. The van der Waals surface area contributed by atoms with Crippen LogP contribution in [0.4, 0.5) is 5.82 Å². The zero-order valence-corrected chi connectivity index (χ0v) is 10.2. The number of imidazole rings is 1. The molecule has 1 fully saturated rings. The van der Waals surface area contributed by atoms with Crippen molar-refractivity contribution >= 4 is 17.0 Å². The lowest BCUT2D eigenvalue weighted by Crippen LogP contribution is -2.06. The number of nitrogen functional groups attached to an aromatic ring is 1. The van der Waals surface area contributed by atoms with Gasteiger partial charge in [0.15, 0.2) is 11.5 Å². The van der Waals surface area contributed by atoms with Gasteiger partial charge in [-0.2, -0.15) is 0 Å². The largest absolute Gasteiger partial charge is 0.382 e. The summed E-state index contributed by atoms with van der Waals surface area (Å²) >= 11 is 0. The number of hydrogen-bond acceptors (Lipinski definition) is 4. The van der Waals surface area contributed by atoms with Gasteiger partial charge in [0.2, 0.25) is 0 Å². The first kappa shape index (κ1) is 10.5. The molecule has 5 nitrogen and oxygen atoms in total. The molecule has 0 aromatic carbocycles. The molecule has 0 spiro atoms. The van der Waals surface area contributed by atoms with Crippen molar-refractivity contribution in [2.45, 2.75) is 45.1 Å². The van der Waals surface area contributed by atoms with Gasteiger partial charge >= 0.3 is 0 Å². The topological polar surface area (TPSA) is 69.6 Å². The first-order valence-electron chi connectivity index (χ1n) is 6.20. The minimum absolute atomic E-state index is 0.390. The average Bonchev–Trinajstić information content (AvgIpc) is 3.08. The van der Waals surface area contributed by atoms with Gasteiger partial charge in [-0.1, -0.05) is 6.92 Å². The molecule has 1 saturated carbocycles. The Bertz CT molecular complexity index is 555. The quantitative estimate of drug-likeness (QED) is 0.879. The molecule has 0 aliphatic heterocycles. The Kier molecular flexibility index (Phi) is 2.28. The maximum Gasteiger partial charge on any atom is 0.166 e. The van der Waals surface area contributed by atoms with Gasteiger partial charge < -0.3 is 10.3 Å². The fourth-order valence-electron chi connectivity index (χ4n) is 2.00. The fourth-order valence-corrected chi connectivity index (χ4v) is 2.00. The van der Waals surface area contributed by atoms with Crippen LogP contribution in [-0.4, -0.2) is 19.5 Å². The monoisotopic (exact) mass is 231 g/mol. The van der Waals surface area contributed by atoms with E-state index in [-0.39, 0.29) is 0 Å². The molecule has 5 heteroatoms. The predicted octanol–water partition coefficient (Wildman–Crippen LogP) is 2.26. The third-order valence-corrected chi connectivity index (χ3v) is 3.47. The van der Waals surface area contributed by atoms with E-state index in [0.29, 0.717) is 17.8 Å². The summed E-state index contributed by atoms with van der Waals surface area (Å²) in [6.45, 7) is 4.32. The van der Waals surface area contributed by atoms with Gasteiger partial charge in [0.05, 0.1) is 6.33 Å². The number of anilines is 1. The van der Waals surface area contributed by atoms with Crippen LogP contribution in [0.25, 0.3) is 11.2 Å². The molecule has 3 rings (SSSR count). The molecular formula is C12H17N5. The lowest BCUT2D eigenvalue weighted by Gasteiger charge is -2.11. The highest BCUT2D eigenvalue weighted by Gasteiger charge is 2.28. The Labute approximate surface area is 100 Å². The van der Waals surface area contributed by atoms with Crippen LogP contribution in [0, 0.1) is 0 Å². The number of fused-ring (bicyclic) bond motifs is 1. The van der Waals surface area contributed by atoms with Crippen molar-refractivity contribution in [3.8, 4) is 0 Å². The molecule has 90 valence electrons. The second kappa shape index (κ2) is 3.68. The van der Waals surface area contributed by atoms with E-state index >= 15 is 0 Å². The van der Waals surface area contributed by atoms with E-state index < -0.39 is 0 Å². The van der Waals surface area contributed by atoms with Crippen molar-refractivity contribution in [1.29, 1.82) is 0 Å². The highest BCUT2D eigenvalue weighted by Crippen LogP contribution is 2.39. The molecule has 2 aromatic rings. The molecule has 0 bridgehead atoms. The van der Waals surface area contributed by atoms with Crippen LogP contribution in [0.15, 0.2) is 6.33 Å². The van der Waals surface area contributed by atoms with Gasteiger partial charge in [-0.3, -0.25) is 0 Å². The van der Waals surface area contributed by atoms with Crippen molar-refractivity contribution < 1.29 is 0 Å². The van der Waals surface area contributed by atoms with Crippen LogP contribution < -0.4 is 5.73 Å². The van der Waals surface area contributed by atoms with Crippen LogP contribution in [-0.2, 0) is 0 Å². The van der Waals surface area contributed by atoms with E-state index in [1.54, 1.807) is 0 Å². The van der Waals surface area contributed by atoms with E-state index in [1.165, 1.54) is 12.8 Å². The number of hydrogen-bond donors (Lipinski definition) is 1. The summed E-state index contributed by atoms with van der Waals surface area (Å²) < 4.78 is 2.10. The third kappa shape index (κ3) is 1.66. The van der Waals surface area contributed by atoms with Gasteiger partial charge in [-0.05, 0) is 26.2 Å². The Balaban J connectivity index is 2.18. The third-order valence-electron chi connectivity index (χ3n) is 3.47. The van der Waals surface area contributed by atoms with Crippen molar-refractivity contribution in [1.82, 2.24) is 19.5 Å². The van der Waals surface area contributed by atoms with Gasteiger partial charge in [-0.15, -0.1) is 0 Å². The van der Waals surface area contributed by atoms with E-state index in [2.05, 4.69) is 33.4 Å². The highest BCUT2D eigenvalue weighted by molar-refractivity contribution is 5.81. The summed E-state index contributed by atoms with van der Waals surface area (Å²) in [6, 6.07) is 0.390. The van der Waals surface area contributed by atoms with Crippen LogP contribution in [0.2, 0.25) is 0 Å². The summed E-state index contributed by atoms with van der Waals surface area (Å²) in [4.78, 5) is 13.3. The molecule has 2 N–H and O–H groups in total. The molecule has 2 aromatic heterocycles. The van der Waals surface area contributed by atoms with Crippen molar-refractivity contribution in [2.24, 2.45) is 0 Å². The number of nitrogens with zero attached hydrogens (tertiary/aromatic N) is 4. The second-order valence-corrected chi connectivity index (χ2v) is 4.82. The van der Waals surface area contributed by atoms with E-state index in [0.717, 1.165) is 23.4 Å². The Morgan fingerprint density at radius 1 is 1.47 bits per heavy atom. The smallest absolute Gasteiger partial charge is 0.166 e. The van der Waals surface area contributed by atoms with Crippen LogP contribution in [0.5, 0.6) is 0 Å². The fraction of sp³-hybridized carbons (Fsp3) is 0.583. The molecule has 2 heterocycles. The number of nitrogens with two attached hydrogens (primary N) is 1. The first-order valence-corrected chi connectivity index (χ1v) is 6.20. The number of rotatable bonds is 3. The molecular weight excluding hydrogens is 214 g/mol. The van der Waals surface area contributed by atoms with Gasteiger partial charge in [0, 0.05) is 12.0 Å². The standard InChI is InChI=1S/C12H17N5/c1-3-7(2)17-6-14-9-10(13)15-11(8-4-5-8)16-12(9)17/h6-8H,3-5H2,1-2H3,(H2,13,15,16)/t7-/m0/s1. The highest BCUT2D eigenvalue weighted by atomic mass is 15.2. The maximum absolute atomic E-state index is 5.95. The zero-order valence-electron chi connectivity index (χ0n) is 10.2. The van der Waals surface area contributed by atoms with E-state index in [9.17, 15) is 0 Å². The molecule has 0 radical (unpaired) electrons. The Morgan fingerprint density at radius 2 is 2.24 bits per heavy atom. The lowest BCUT2D eigenvalue weighted by molar-refractivity contribution is 0.540. The van der Waals surface area contributed by atoms with Crippen LogP contribution >= 0.6 is 0 Å². The normalized spacial score (nSPS) is 17.5. The first-order chi connectivity index (χ1) is 8.20. The van der Waals surface area contributed by atoms with Crippen LogP contribution in [0.1, 0.15) is 50.9 Å². The number of aromatic nitrogens is 4. The molecule has 0 saturated heterocycles. The SMILES string of the molecule is CC[C@H](C)n1cnc2c(N)nc(C3CC3)nc21. The molecule has 1 atom stereocenters. The average molecular weight is 231 g/mol. The molecule has 17 heavy (non-hydrogen) atoms. The minimum atomic E-state index is 0.390. The zero-order chi connectivity index (χ0) is 12.0. The summed E-state index contributed by atoms with van der Waals surface area (Å²) in [7, 11) is 0. The lowest BCUT2D eigenvalue weighted by atomic mass is 10.2. The van der Waals surface area contributed by atoms with Crippen molar-refractivity contribution in [3.05, 3.63) is 12.2 Å². The Morgan fingerprint density at radius 3 is 2.88 bits per heavy atom. The summed E-state index contributed by atoms with van der Waals surface area (Å²) in [5, 5.41) is 0.